The van der Waals surface area contributed by atoms with E-state index in [2.05, 4.69) is 32.9 Å². The molecule has 0 bridgehead atoms. The van der Waals surface area contributed by atoms with Crippen LogP contribution in [0.3, 0.4) is 0 Å². The van der Waals surface area contributed by atoms with Gasteiger partial charge in [-0.1, -0.05) is 35.9 Å². The lowest BCUT2D eigenvalue weighted by Crippen LogP contribution is -2.49. The Morgan fingerprint density at radius 2 is 2.00 bits per heavy atom. The first-order valence-corrected chi connectivity index (χ1v) is 10.8. The lowest BCUT2D eigenvalue weighted by atomic mass is 9.73. The summed E-state index contributed by atoms with van der Waals surface area (Å²) in [6, 6.07) is 13.2. The third-order valence-electron chi connectivity index (χ3n) is 6.41. The zero-order valence-electron chi connectivity index (χ0n) is 18.0. The van der Waals surface area contributed by atoms with E-state index < -0.39 is 5.97 Å². The van der Waals surface area contributed by atoms with E-state index in [9.17, 15) is 9.90 Å². The van der Waals surface area contributed by atoms with E-state index in [1.807, 2.05) is 18.2 Å². The highest BCUT2D eigenvalue weighted by molar-refractivity contribution is 5.89. The van der Waals surface area contributed by atoms with E-state index in [0.717, 1.165) is 54.7 Å². The number of benzene rings is 2. The van der Waals surface area contributed by atoms with Gasteiger partial charge in [-0.25, -0.2) is 4.79 Å². The molecule has 0 aliphatic carbocycles. The topological polar surface area (TPSA) is 55.8 Å². The fourth-order valence-electron chi connectivity index (χ4n) is 4.79. The molecule has 0 saturated carbocycles. The average Bonchev–Trinajstić information content (AvgIpc) is 2.73. The second-order valence-electron chi connectivity index (χ2n) is 8.91. The van der Waals surface area contributed by atoms with Crippen molar-refractivity contribution in [2.24, 2.45) is 5.92 Å². The SMILES string of the molecule is CC(C)=CCC[C@]1(C)Oc2cc(-c3cccc(C(=O)O)c3)ccc2[C@@H]2OCCC[C@H]21. The lowest BCUT2D eigenvalue weighted by Gasteiger charge is -2.48. The van der Waals surface area contributed by atoms with Gasteiger partial charge in [-0.3, -0.25) is 0 Å². The van der Waals surface area contributed by atoms with Gasteiger partial charge in [-0.15, -0.1) is 0 Å². The van der Waals surface area contributed by atoms with E-state index in [1.54, 1.807) is 18.2 Å². The summed E-state index contributed by atoms with van der Waals surface area (Å²) in [6.07, 6.45) is 6.43. The van der Waals surface area contributed by atoms with Gasteiger partial charge in [-0.05, 0) is 75.8 Å². The Bertz CT molecular complexity index is 973. The second-order valence-corrected chi connectivity index (χ2v) is 8.91. The summed E-state index contributed by atoms with van der Waals surface area (Å²) in [4.78, 5) is 11.4. The van der Waals surface area contributed by atoms with Crippen LogP contribution in [0.4, 0.5) is 0 Å². The number of carbonyl (C=O) groups is 1. The number of allylic oxidation sites excluding steroid dienone is 2. The van der Waals surface area contributed by atoms with Crippen LogP contribution < -0.4 is 4.74 Å². The number of hydrogen-bond donors (Lipinski definition) is 1. The predicted molar refractivity (Wildman–Crippen MR) is 118 cm³/mol. The van der Waals surface area contributed by atoms with Crippen molar-refractivity contribution in [3.05, 3.63) is 65.2 Å². The van der Waals surface area contributed by atoms with Gasteiger partial charge >= 0.3 is 5.97 Å². The van der Waals surface area contributed by atoms with Crippen molar-refractivity contribution < 1.29 is 19.4 Å². The monoisotopic (exact) mass is 406 g/mol. The number of ether oxygens (including phenoxy) is 2. The smallest absolute Gasteiger partial charge is 0.335 e. The van der Waals surface area contributed by atoms with Crippen LogP contribution in [-0.4, -0.2) is 23.3 Å². The number of rotatable bonds is 5. The van der Waals surface area contributed by atoms with Crippen molar-refractivity contribution in [3.8, 4) is 16.9 Å². The molecule has 0 radical (unpaired) electrons. The minimum absolute atomic E-state index is 0.0543. The summed E-state index contributed by atoms with van der Waals surface area (Å²) < 4.78 is 12.9. The molecule has 158 valence electrons. The van der Waals surface area contributed by atoms with Gasteiger partial charge in [0, 0.05) is 18.1 Å². The van der Waals surface area contributed by atoms with E-state index in [0.29, 0.717) is 5.92 Å². The van der Waals surface area contributed by atoms with Gasteiger partial charge < -0.3 is 14.6 Å². The Morgan fingerprint density at radius 1 is 1.20 bits per heavy atom. The van der Waals surface area contributed by atoms with Gasteiger partial charge in [-0.2, -0.15) is 0 Å². The molecule has 0 spiro atoms. The first-order chi connectivity index (χ1) is 14.4. The molecule has 3 atom stereocenters. The van der Waals surface area contributed by atoms with E-state index in [1.165, 1.54) is 5.57 Å². The minimum atomic E-state index is -0.920. The molecule has 2 aliphatic rings. The van der Waals surface area contributed by atoms with Crippen LogP contribution in [0.5, 0.6) is 5.75 Å². The molecule has 2 aromatic carbocycles. The molecule has 4 nitrogen and oxygen atoms in total. The van der Waals surface area contributed by atoms with Gasteiger partial charge in [0.15, 0.2) is 0 Å². The summed E-state index contributed by atoms with van der Waals surface area (Å²) in [5, 5.41) is 9.32. The number of fused-ring (bicyclic) bond motifs is 3. The van der Waals surface area contributed by atoms with Gasteiger partial charge in [0.2, 0.25) is 0 Å². The van der Waals surface area contributed by atoms with Crippen LogP contribution in [0.25, 0.3) is 11.1 Å². The summed E-state index contributed by atoms with van der Waals surface area (Å²) in [6.45, 7) is 7.26. The fraction of sp³-hybridized carbons (Fsp3) is 0.423. The van der Waals surface area contributed by atoms with Crippen LogP contribution >= 0.6 is 0 Å². The zero-order valence-corrected chi connectivity index (χ0v) is 18.0. The molecule has 30 heavy (non-hydrogen) atoms. The molecule has 4 heteroatoms. The fourth-order valence-corrected chi connectivity index (χ4v) is 4.79. The lowest BCUT2D eigenvalue weighted by molar-refractivity contribution is -0.126. The Kier molecular flexibility index (Phi) is 5.70. The van der Waals surface area contributed by atoms with Crippen LogP contribution in [0.2, 0.25) is 0 Å². The van der Waals surface area contributed by atoms with Crippen molar-refractivity contribution in [1.29, 1.82) is 0 Å². The van der Waals surface area contributed by atoms with E-state index >= 15 is 0 Å². The summed E-state index contributed by atoms with van der Waals surface area (Å²) in [5.74, 6) is 0.276. The van der Waals surface area contributed by atoms with Crippen molar-refractivity contribution in [1.82, 2.24) is 0 Å². The first kappa shape index (κ1) is 20.7. The number of carboxylic acid groups (broad SMARTS) is 1. The molecule has 0 unspecified atom stereocenters. The molecule has 2 aliphatic heterocycles. The number of hydrogen-bond acceptors (Lipinski definition) is 3. The molecule has 0 amide bonds. The van der Waals surface area contributed by atoms with E-state index in [-0.39, 0.29) is 17.3 Å². The Labute approximate surface area is 178 Å². The standard InChI is InChI=1S/C26H30O4/c1-17(2)7-5-13-26(3)22-10-6-14-29-24(22)21-12-11-19(16-23(21)30-26)18-8-4-9-20(15-18)25(27)28/h4,7-9,11-12,15-16,22,24H,5-6,10,13-14H2,1-3H3,(H,27,28)/t22-,24+,26+/m1/s1. The molecule has 2 heterocycles. The van der Waals surface area contributed by atoms with Crippen molar-refractivity contribution in [3.63, 3.8) is 0 Å². The quantitative estimate of drug-likeness (QED) is 0.582. The third kappa shape index (κ3) is 4.01. The number of carboxylic acids is 1. The molecule has 0 aromatic heterocycles. The maximum absolute atomic E-state index is 11.4. The average molecular weight is 407 g/mol. The minimum Gasteiger partial charge on any atom is -0.487 e. The highest BCUT2D eigenvalue weighted by Crippen LogP contribution is 2.51. The summed E-state index contributed by atoms with van der Waals surface area (Å²) in [5.41, 5.74) is 4.26. The third-order valence-corrected chi connectivity index (χ3v) is 6.41. The molecule has 1 fully saturated rings. The Hall–Kier alpha value is -2.59. The maximum Gasteiger partial charge on any atom is 0.335 e. The van der Waals surface area contributed by atoms with Crippen molar-refractivity contribution in [2.45, 2.75) is 58.2 Å². The normalized spacial score (nSPS) is 24.9. The molecule has 1 saturated heterocycles. The van der Waals surface area contributed by atoms with Crippen LogP contribution in [-0.2, 0) is 4.74 Å². The first-order valence-electron chi connectivity index (χ1n) is 10.8. The van der Waals surface area contributed by atoms with E-state index in [4.69, 9.17) is 9.47 Å². The van der Waals surface area contributed by atoms with Crippen molar-refractivity contribution in [2.75, 3.05) is 6.61 Å². The van der Waals surface area contributed by atoms with Gasteiger partial charge in [0.1, 0.15) is 11.4 Å². The predicted octanol–water partition coefficient (Wildman–Crippen LogP) is 6.42. The molecule has 1 N–H and O–H groups in total. The van der Waals surface area contributed by atoms with Crippen LogP contribution in [0, 0.1) is 5.92 Å². The number of aromatic carboxylic acids is 1. The molecule has 4 rings (SSSR count). The van der Waals surface area contributed by atoms with Crippen LogP contribution in [0.1, 0.15) is 68.5 Å². The highest BCUT2D eigenvalue weighted by atomic mass is 16.5. The molecule has 2 aromatic rings. The summed E-state index contributed by atoms with van der Waals surface area (Å²) in [7, 11) is 0. The van der Waals surface area contributed by atoms with Gasteiger partial charge in [0.05, 0.1) is 11.7 Å². The zero-order chi connectivity index (χ0) is 21.3. The maximum atomic E-state index is 11.4. The highest BCUT2D eigenvalue weighted by Gasteiger charge is 2.48. The molecular weight excluding hydrogens is 376 g/mol. The van der Waals surface area contributed by atoms with Crippen molar-refractivity contribution >= 4 is 5.97 Å². The molecular formula is C26H30O4. The van der Waals surface area contributed by atoms with Crippen LogP contribution in [0.15, 0.2) is 54.1 Å². The second kappa shape index (κ2) is 8.27. The Balaban J connectivity index is 1.70. The Morgan fingerprint density at radius 3 is 2.77 bits per heavy atom. The largest absolute Gasteiger partial charge is 0.487 e. The van der Waals surface area contributed by atoms with Gasteiger partial charge in [0.25, 0.3) is 0 Å². The summed E-state index contributed by atoms with van der Waals surface area (Å²) >= 11 is 0.